The van der Waals surface area contributed by atoms with Gasteiger partial charge in [-0.3, -0.25) is 9.69 Å². The van der Waals surface area contributed by atoms with Crippen LogP contribution in [0.3, 0.4) is 0 Å². The van der Waals surface area contributed by atoms with E-state index in [-0.39, 0.29) is 18.3 Å². The van der Waals surface area contributed by atoms with Crippen LogP contribution in [0.2, 0.25) is 0 Å². The molecule has 0 aromatic heterocycles. The number of aliphatic hydroxyl groups is 2. The summed E-state index contributed by atoms with van der Waals surface area (Å²) >= 11 is 0. The first-order chi connectivity index (χ1) is 14.4. The highest BCUT2D eigenvalue weighted by molar-refractivity contribution is 5.78. The molecule has 2 N–H and O–H groups in total. The third-order valence-electron chi connectivity index (χ3n) is 5.76. The zero-order chi connectivity index (χ0) is 21.6. The van der Waals surface area contributed by atoms with Crippen LogP contribution >= 0.6 is 0 Å². The lowest BCUT2D eigenvalue weighted by molar-refractivity contribution is -0.130. The Morgan fingerprint density at radius 1 is 1.03 bits per heavy atom. The first kappa shape index (κ1) is 22.4. The quantitative estimate of drug-likeness (QED) is 0.731. The molecule has 1 atom stereocenters. The molecule has 162 valence electrons. The van der Waals surface area contributed by atoms with Crippen LogP contribution in [0.15, 0.2) is 48.5 Å². The molecule has 1 saturated heterocycles. The van der Waals surface area contributed by atoms with Crippen LogP contribution in [0.1, 0.15) is 36.0 Å². The third-order valence-corrected chi connectivity index (χ3v) is 5.76. The highest BCUT2D eigenvalue weighted by Crippen LogP contribution is 2.24. The van der Waals surface area contributed by atoms with Crippen molar-refractivity contribution in [1.82, 2.24) is 9.80 Å². The average molecular weight is 415 g/mol. The summed E-state index contributed by atoms with van der Waals surface area (Å²) in [6.07, 6.45) is 2.27. The van der Waals surface area contributed by atoms with Gasteiger partial charge in [-0.2, -0.15) is 0 Å². The lowest BCUT2D eigenvalue weighted by Crippen LogP contribution is -2.42. The Hall–Kier alpha value is -2.28. The maximum absolute atomic E-state index is 13.1. The highest BCUT2D eigenvalue weighted by atomic mass is 19.1. The van der Waals surface area contributed by atoms with E-state index in [1.165, 1.54) is 12.1 Å². The molecule has 0 saturated carbocycles. The molecule has 0 aliphatic carbocycles. The molecule has 2 aromatic rings. The lowest BCUT2D eigenvalue weighted by atomic mass is 9.94. The van der Waals surface area contributed by atoms with E-state index in [0.717, 1.165) is 23.1 Å². The molecule has 2 aromatic carbocycles. The van der Waals surface area contributed by atoms with Crippen LogP contribution in [-0.4, -0.2) is 58.2 Å². The van der Waals surface area contributed by atoms with E-state index in [4.69, 9.17) is 5.11 Å². The van der Waals surface area contributed by atoms with Crippen molar-refractivity contribution in [3.8, 4) is 0 Å². The van der Waals surface area contributed by atoms with Crippen molar-refractivity contribution in [3.05, 3.63) is 71.0 Å². The van der Waals surface area contributed by atoms with Gasteiger partial charge < -0.3 is 15.1 Å². The molecule has 6 heteroatoms. The Balaban J connectivity index is 1.52. The predicted octanol–water partition coefficient (Wildman–Crippen LogP) is 2.74. The Labute approximate surface area is 177 Å². The fraction of sp³-hybridized carbons (Fsp3) is 0.458. The van der Waals surface area contributed by atoms with Gasteiger partial charge in [0.2, 0.25) is 5.91 Å². The number of benzene rings is 2. The SMILES string of the molecule is CN(Cc1ccc(F)cc1)C[C@]1(O)CCCN(C(=O)Cc2ccc(CO)cc2)CC1. The van der Waals surface area contributed by atoms with Crippen molar-refractivity contribution in [3.63, 3.8) is 0 Å². The summed E-state index contributed by atoms with van der Waals surface area (Å²) in [4.78, 5) is 16.6. The monoisotopic (exact) mass is 414 g/mol. The van der Waals surface area contributed by atoms with E-state index < -0.39 is 5.60 Å². The number of hydrogen-bond donors (Lipinski definition) is 2. The van der Waals surface area contributed by atoms with Gasteiger partial charge in [0.25, 0.3) is 0 Å². The minimum Gasteiger partial charge on any atom is -0.392 e. The standard InChI is InChI=1S/C24H31FN2O3/c1-26(16-20-7-9-22(25)10-8-20)18-24(30)11-2-13-27(14-12-24)23(29)15-19-3-5-21(17-28)6-4-19/h3-10,28,30H,2,11-18H2,1H3/t24-/m0/s1. The second-order valence-corrected chi connectivity index (χ2v) is 8.41. The van der Waals surface area contributed by atoms with Gasteiger partial charge in [-0.1, -0.05) is 36.4 Å². The zero-order valence-corrected chi connectivity index (χ0v) is 17.6. The maximum atomic E-state index is 13.1. The van der Waals surface area contributed by atoms with Crippen LogP contribution < -0.4 is 0 Å². The van der Waals surface area contributed by atoms with Crippen molar-refractivity contribution in [1.29, 1.82) is 0 Å². The molecule has 1 amide bonds. The van der Waals surface area contributed by atoms with Crippen LogP contribution in [0.4, 0.5) is 4.39 Å². The molecule has 0 radical (unpaired) electrons. The van der Waals surface area contributed by atoms with Crippen LogP contribution in [0.25, 0.3) is 0 Å². The van der Waals surface area contributed by atoms with Crippen LogP contribution in [-0.2, 0) is 24.4 Å². The predicted molar refractivity (Wildman–Crippen MR) is 114 cm³/mol. The van der Waals surface area contributed by atoms with Gasteiger partial charge in [0, 0.05) is 26.2 Å². The summed E-state index contributed by atoms with van der Waals surface area (Å²) in [6, 6.07) is 13.8. The number of rotatable bonds is 7. The van der Waals surface area contributed by atoms with Crippen molar-refractivity contribution >= 4 is 5.91 Å². The minimum absolute atomic E-state index is 0.00542. The Morgan fingerprint density at radius 2 is 1.67 bits per heavy atom. The van der Waals surface area contributed by atoms with E-state index in [1.54, 1.807) is 12.1 Å². The Morgan fingerprint density at radius 3 is 2.33 bits per heavy atom. The first-order valence-electron chi connectivity index (χ1n) is 10.5. The fourth-order valence-electron chi connectivity index (χ4n) is 4.10. The first-order valence-corrected chi connectivity index (χ1v) is 10.5. The molecule has 1 aliphatic rings. The molecule has 5 nitrogen and oxygen atoms in total. The Kier molecular flexibility index (Phi) is 7.58. The van der Waals surface area contributed by atoms with Crippen molar-refractivity contribution in [2.75, 3.05) is 26.7 Å². The fourth-order valence-corrected chi connectivity index (χ4v) is 4.10. The number of aliphatic hydroxyl groups excluding tert-OH is 1. The largest absolute Gasteiger partial charge is 0.392 e. The summed E-state index contributed by atoms with van der Waals surface area (Å²) in [5.41, 5.74) is 1.92. The molecular weight excluding hydrogens is 383 g/mol. The Bertz CT molecular complexity index is 825. The van der Waals surface area contributed by atoms with Gasteiger partial charge in [0.05, 0.1) is 18.6 Å². The molecule has 1 aliphatic heterocycles. The van der Waals surface area contributed by atoms with Gasteiger partial charge in [-0.05, 0) is 55.1 Å². The van der Waals surface area contributed by atoms with Crippen molar-refractivity contribution in [2.24, 2.45) is 0 Å². The van der Waals surface area contributed by atoms with Crippen LogP contribution in [0.5, 0.6) is 0 Å². The smallest absolute Gasteiger partial charge is 0.226 e. The molecule has 1 heterocycles. The number of amides is 1. The minimum atomic E-state index is -0.841. The summed E-state index contributed by atoms with van der Waals surface area (Å²) in [7, 11) is 1.95. The molecule has 3 rings (SSSR count). The van der Waals surface area contributed by atoms with Gasteiger partial charge in [-0.25, -0.2) is 4.39 Å². The summed E-state index contributed by atoms with van der Waals surface area (Å²) in [5, 5.41) is 20.3. The van der Waals surface area contributed by atoms with Crippen molar-refractivity contribution in [2.45, 2.75) is 44.4 Å². The van der Waals surface area contributed by atoms with Gasteiger partial charge in [0.1, 0.15) is 5.82 Å². The normalized spacial score (nSPS) is 19.7. The lowest BCUT2D eigenvalue weighted by Gasteiger charge is -2.31. The van der Waals surface area contributed by atoms with Gasteiger partial charge in [0.15, 0.2) is 0 Å². The second-order valence-electron chi connectivity index (χ2n) is 8.41. The number of hydrogen-bond acceptors (Lipinski definition) is 4. The second kappa shape index (κ2) is 10.2. The summed E-state index contributed by atoms with van der Waals surface area (Å²) in [5.74, 6) is -0.187. The van der Waals surface area contributed by atoms with E-state index in [9.17, 15) is 14.3 Å². The third kappa shape index (κ3) is 6.36. The number of likely N-dealkylation sites (tertiary alicyclic amines) is 1. The highest BCUT2D eigenvalue weighted by Gasteiger charge is 2.32. The number of likely N-dealkylation sites (N-methyl/N-ethyl adjacent to an activating group) is 1. The molecule has 1 fully saturated rings. The molecule has 0 spiro atoms. The maximum Gasteiger partial charge on any atom is 0.226 e. The van der Waals surface area contributed by atoms with E-state index in [0.29, 0.717) is 45.4 Å². The molecule has 0 unspecified atom stereocenters. The van der Waals surface area contributed by atoms with Crippen molar-refractivity contribution < 1.29 is 19.4 Å². The van der Waals surface area contributed by atoms with Gasteiger partial charge >= 0.3 is 0 Å². The molecule has 30 heavy (non-hydrogen) atoms. The van der Waals surface area contributed by atoms with E-state index in [1.807, 2.05) is 41.1 Å². The molecule has 0 bridgehead atoms. The van der Waals surface area contributed by atoms with Gasteiger partial charge in [-0.15, -0.1) is 0 Å². The van der Waals surface area contributed by atoms with Crippen LogP contribution in [0, 0.1) is 5.82 Å². The summed E-state index contributed by atoms with van der Waals surface area (Å²) < 4.78 is 13.1. The number of nitrogens with zero attached hydrogens (tertiary/aromatic N) is 2. The number of carbonyl (C=O) groups is 1. The molecular formula is C24H31FN2O3. The summed E-state index contributed by atoms with van der Waals surface area (Å²) in [6.45, 7) is 2.32. The van der Waals surface area contributed by atoms with E-state index >= 15 is 0 Å². The number of halogens is 1. The number of carbonyl (C=O) groups excluding carboxylic acids is 1. The zero-order valence-electron chi connectivity index (χ0n) is 17.6. The van der Waals surface area contributed by atoms with E-state index in [2.05, 4.69) is 0 Å². The average Bonchev–Trinajstić information content (AvgIpc) is 2.92. The topological polar surface area (TPSA) is 64.0 Å².